The van der Waals surface area contributed by atoms with E-state index in [1.54, 1.807) is 42.5 Å². The van der Waals surface area contributed by atoms with Gasteiger partial charge in [0.1, 0.15) is 11.6 Å². The number of hydrogen-bond donors (Lipinski definition) is 1. The van der Waals surface area contributed by atoms with E-state index in [0.29, 0.717) is 21.7 Å². The Kier molecular flexibility index (Phi) is 4.71. The highest BCUT2D eigenvalue weighted by molar-refractivity contribution is 6.30. The number of halogens is 4. The van der Waals surface area contributed by atoms with Gasteiger partial charge in [-0.05, 0) is 84.1 Å². The van der Waals surface area contributed by atoms with Crippen molar-refractivity contribution in [3.8, 4) is 22.3 Å². The molecule has 0 radical (unpaired) electrons. The summed E-state index contributed by atoms with van der Waals surface area (Å²) in [4.78, 5) is 2.82. The van der Waals surface area contributed by atoms with Crippen LogP contribution < -0.4 is 4.84 Å². The summed E-state index contributed by atoms with van der Waals surface area (Å²) in [5.41, 5.74) is 3.51. The van der Waals surface area contributed by atoms with Crippen molar-refractivity contribution in [2.45, 2.75) is 25.3 Å². The first-order valence-corrected chi connectivity index (χ1v) is 9.43. The molecule has 0 spiro atoms. The van der Waals surface area contributed by atoms with Gasteiger partial charge in [-0.25, -0.2) is 13.6 Å². The lowest BCUT2D eigenvalue weighted by atomic mass is 9.93. The number of benzene rings is 3. The van der Waals surface area contributed by atoms with Crippen LogP contribution in [0.25, 0.3) is 22.3 Å². The monoisotopic (exact) mass is 403 g/mol. The lowest BCUT2D eigenvalue weighted by Crippen LogP contribution is -2.21. The van der Waals surface area contributed by atoms with E-state index < -0.39 is 5.82 Å². The highest BCUT2D eigenvalue weighted by Crippen LogP contribution is 2.48. The Balaban J connectivity index is 1.77. The lowest BCUT2D eigenvalue weighted by molar-refractivity contribution is 0.619. The van der Waals surface area contributed by atoms with Gasteiger partial charge in [0.2, 0.25) is 0 Å². The van der Waals surface area contributed by atoms with Crippen molar-refractivity contribution < 1.29 is 8.78 Å². The summed E-state index contributed by atoms with van der Waals surface area (Å²) in [5.74, 6) is -0.784. The third kappa shape index (κ3) is 3.36. The zero-order valence-corrected chi connectivity index (χ0v) is 16.1. The Morgan fingerprint density at radius 2 is 1.48 bits per heavy atom. The molecule has 1 aliphatic rings. The Morgan fingerprint density at radius 1 is 0.852 bits per heavy atom. The van der Waals surface area contributed by atoms with Crippen molar-refractivity contribution in [1.29, 1.82) is 0 Å². The number of nitrogens with one attached hydrogen (secondary N) is 1. The summed E-state index contributed by atoms with van der Waals surface area (Å²) in [7, 11) is 0. The molecule has 4 rings (SSSR count). The molecule has 1 fully saturated rings. The minimum Gasteiger partial charge on any atom is -0.223 e. The van der Waals surface area contributed by atoms with Crippen molar-refractivity contribution in [2.24, 2.45) is 0 Å². The minimum atomic E-state index is -0.409. The van der Waals surface area contributed by atoms with Crippen LogP contribution in [-0.4, -0.2) is 0 Å². The van der Waals surface area contributed by atoms with Crippen LogP contribution in [0, 0.1) is 18.6 Å². The molecule has 1 aliphatic carbocycles. The molecule has 0 amide bonds. The SMILES string of the molecule is Cc1cc(F)c(-c2ccc(-c3ccc(Cl)cc3)c(F)c2)cc1C1(NCl)CC1. The summed E-state index contributed by atoms with van der Waals surface area (Å²) in [5, 5.41) is 0.590. The van der Waals surface area contributed by atoms with Gasteiger partial charge in [0.05, 0.1) is 5.54 Å². The average Bonchev–Trinajstić information content (AvgIpc) is 3.44. The Bertz CT molecular complexity index is 1010. The Hall–Kier alpha value is -1.94. The van der Waals surface area contributed by atoms with Gasteiger partial charge in [-0.1, -0.05) is 35.9 Å². The third-order valence-corrected chi connectivity index (χ3v) is 5.81. The van der Waals surface area contributed by atoms with Gasteiger partial charge in [0, 0.05) is 16.1 Å². The fourth-order valence-electron chi connectivity index (χ4n) is 3.50. The summed E-state index contributed by atoms with van der Waals surface area (Å²) in [6.45, 7) is 1.86. The van der Waals surface area contributed by atoms with E-state index in [1.807, 2.05) is 6.92 Å². The smallest absolute Gasteiger partial charge is 0.131 e. The molecule has 1 nitrogen and oxygen atoms in total. The van der Waals surface area contributed by atoms with Crippen molar-refractivity contribution in [3.63, 3.8) is 0 Å². The predicted molar refractivity (Wildman–Crippen MR) is 107 cm³/mol. The van der Waals surface area contributed by atoms with Crippen LogP contribution in [0.1, 0.15) is 24.0 Å². The van der Waals surface area contributed by atoms with E-state index in [2.05, 4.69) is 4.84 Å². The molecule has 0 heterocycles. The zero-order chi connectivity index (χ0) is 19.2. The maximum Gasteiger partial charge on any atom is 0.131 e. The molecule has 5 heteroatoms. The van der Waals surface area contributed by atoms with Crippen LogP contribution in [-0.2, 0) is 5.54 Å². The molecule has 138 valence electrons. The van der Waals surface area contributed by atoms with Crippen LogP contribution in [0.5, 0.6) is 0 Å². The first-order valence-electron chi connectivity index (χ1n) is 8.68. The molecule has 0 aliphatic heterocycles. The van der Waals surface area contributed by atoms with Gasteiger partial charge in [-0.2, -0.15) is 0 Å². The van der Waals surface area contributed by atoms with Crippen LogP contribution in [0.2, 0.25) is 5.02 Å². The normalized spacial score (nSPS) is 15.0. The van der Waals surface area contributed by atoms with E-state index in [9.17, 15) is 8.78 Å². The maximum absolute atomic E-state index is 14.8. The van der Waals surface area contributed by atoms with Crippen LogP contribution >= 0.6 is 23.4 Å². The second kappa shape index (κ2) is 6.90. The molecule has 0 aromatic heterocycles. The Labute approximate surface area is 167 Å². The molecular weight excluding hydrogens is 387 g/mol. The van der Waals surface area contributed by atoms with E-state index in [1.165, 1.54) is 12.1 Å². The summed E-state index contributed by atoms with van der Waals surface area (Å²) >= 11 is 11.8. The molecule has 0 bridgehead atoms. The molecule has 3 aromatic rings. The average molecular weight is 404 g/mol. The summed E-state index contributed by atoms with van der Waals surface area (Å²) < 4.78 is 29.4. The van der Waals surface area contributed by atoms with Gasteiger partial charge in [-0.3, -0.25) is 0 Å². The number of aryl methyl sites for hydroxylation is 1. The molecular formula is C22H17Cl2F2N. The predicted octanol–water partition coefficient (Wildman–Crippen LogP) is 6.99. The van der Waals surface area contributed by atoms with Gasteiger partial charge in [-0.15, -0.1) is 0 Å². The van der Waals surface area contributed by atoms with E-state index >= 15 is 0 Å². The second-order valence-corrected chi connectivity index (χ2v) is 7.65. The fraction of sp³-hybridized carbons (Fsp3) is 0.182. The summed E-state index contributed by atoms with van der Waals surface area (Å²) in [6, 6.07) is 15.0. The highest BCUT2D eigenvalue weighted by Gasteiger charge is 2.45. The lowest BCUT2D eigenvalue weighted by Gasteiger charge is -2.18. The van der Waals surface area contributed by atoms with Crippen molar-refractivity contribution in [3.05, 3.63) is 82.4 Å². The van der Waals surface area contributed by atoms with Gasteiger partial charge in [0.15, 0.2) is 0 Å². The van der Waals surface area contributed by atoms with E-state index in [-0.39, 0.29) is 11.4 Å². The number of hydrogen-bond acceptors (Lipinski definition) is 1. The van der Waals surface area contributed by atoms with E-state index in [4.69, 9.17) is 23.4 Å². The van der Waals surface area contributed by atoms with Crippen molar-refractivity contribution in [2.75, 3.05) is 0 Å². The molecule has 0 unspecified atom stereocenters. The third-order valence-electron chi connectivity index (χ3n) is 5.20. The zero-order valence-electron chi connectivity index (χ0n) is 14.6. The van der Waals surface area contributed by atoms with Crippen LogP contribution in [0.4, 0.5) is 8.78 Å². The molecule has 1 N–H and O–H groups in total. The highest BCUT2D eigenvalue weighted by atomic mass is 35.5. The Morgan fingerprint density at radius 3 is 2.07 bits per heavy atom. The van der Waals surface area contributed by atoms with Crippen LogP contribution in [0.15, 0.2) is 54.6 Å². The molecule has 0 atom stereocenters. The second-order valence-electron chi connectivity index (χ2n) is 7.03. The fourth-order valence-corrected chi connectivity index (χ4v) is 3.91. The van der Waals surface area contributed by atoms with Crippen LogP contribution in [0.3, 0.4) is 0 Å². The first-order chi connectivity index (χ1) is 12.9. The van der Waals surface area contributed by atoms with E-state index in [0.717, 1.165) is 29.5 Å². The molecule has 27 heavy (non-hydrogen) atoms. The van der Waals surface area contributed by atoms with Crippen molar-refractivity contribution >= 4 is 23.4 Å². The minimum absolute atomic E-state index is 0.310. The van der Waals surface area contributed by atoms with Crippen molar-refractivity contribution in [1.82, 2.24) is 4.84 Å². The molecule has 1 saturated carbocycles. The molecule has 3 aromatic carbocycles. The maximum atomic E-state index is 14.8. The quantitative estimate of drug-likeness (QED) is 0.462. The van der Waals surface area contributed by atoms with Gasteiger partial charge in [0.25, 0.3) is 0 Å². The first kappa shape index (κ1) is 18.4. The largest absolute Gasteiger partial charge is 0.223 e. The standard InChI is InChI=1S/C22H17Cl2F2N/c1-13-10-20(25)18(12-19(13)22(27-24)8-9-22)15-4-7-17(21(26)11-15)14-2-5-16(23)6-3-14/h2-7,10-12,27H,8-9H2,1H3. The molecule has 0 saturated heterocycles. The number of rotatable bonds is 4. The topological polar surface area (TPSA) is 12.0 Å². The van der Waals surface area contributed by atoms with Gasteiger partial charge < -0.3 is 0 Å². The van der Waals surface area contributed by atoms with Gasteiger partial charge >= 0.3 is 0 Å². The summed E-state index contributed by atoms with van der Waals surface area (Å²) in [6.07, 6.45) is 1.79.